The lowest BCUT2D eigenvalue weighted by Gasteiger charge is -2.28. The second-order valence-corrected chi connectivity index (χ2v) is 9.35. The van der Waals surface area contributed by atoms with Crippen molar-refractivity contribution in [1.82, 2.24) is 9.88 Å². The molecular formula is C30H28N4O5. The molecule has 198 valence electrons. The van der Waals surface area contributed by atoms with Crippen molar-refractivity contribution in [3.05, 3.63) is 90.1 Å². The van der Waals surface area contributed by atoms with Crippen LogP contribution in [-0.4, -0.2) is 53.2 Å². The van der Waals surface area contributed by atoms with E-state index >= 15 is 0 Å². The van der Waals surface area contributed by atoms with Crippen LogP contribution in [-0.2, 0) is 20.8 Å². The molecule has 3 aromatic carbocycles. The van der Waals surface area contributed by atoms with Gasteiger partial charge in [-0.2, -0.15) is 0 Å². The highest BCUT2D eigenvalue weighted by Gasteiger charge is 2.44. The second kappa shape index (κ2) is 10.8. The molecule has 0 saturated carbocycles. The Kier molecular flexibility index (Phi) is 7.14. The highest BCUT2D eigenvalue weighted by atomic mass is 16.5. The third kappa shape index (κ3) is 5.24. The maximum atomic E-state index is 13.8. The smallest absolute Gasteiger partial charge is 0.257 e. The molecule has 1 fully saturated rings. The summed E-state index contributed by atoms with van der Waals surface area (Å²) in [6, 6.07) is 20.1. The van der Waals surface area contributed by atoms with Crippen molar-refractivity contribution < 1.29 is 23.9 Å². The van der Waals surface area contributed by atoms with Crippen molar-refractivity contribution in [3.63, 3.8) is 0 Å². The van der Waals surface area contributed by atoms with Gasteiger partial charge in [-0.3, -0.25) is 19.2 Å². The number of benzene rings is 3. The van der Waals surface area contributed by atoms with Crippen LogP contribution in [0.4, 0.5) is 11.4 Å². The third-order valence-corrected chi connectivity index (χ3v) is 6.84. The van der Waals surface area contributed by atoms with Crippen molar-refractivity contribution >= 4 is 45.9 Å². The number of para-hydroxylation sites is 1. The molecule has 9 heteroatoms. The largest absolute Gasteiger partial charge is 0.497 e. The summed E-state index contributed by atoms with van der Waals surface area (Å²) in [5.41, 5.74) is 3.34. The van der Waals surface area contributed by atoms with Crippen molar-refractivity contribution in [1.29, 1.82) is 0 Å². The lowest BCUT2D eigenvalue weighted by Crippen LogP contribution is -2.46. The Morgan fingerprint density at radius 3 is 2.44 bits per heavy atom. The van der Waals surface area contributed by atoms with Crippen LogP contribution >= 0.6 is 0 Å². The Bertz CT molecular complexity index is 1540. The van der Waals surface area contributed by atoms with Gasteiger partial charge in [0.25, 0.3) is 11.8 Å². The fraction of sp³-hybridized carbons (Fsp3) is 0.200. The molecule has 0 radical (unpaired) electrons. The first-order valence-electron chi connectivity index (χ1n) is 12.6. The number of nitrogens with zero attached hydrogens (tertiary/aromatic N) is 2. The molecule has 1 unspecified atom stereocenters. The molecule has 0 aliphatic carbocycles. The topological polar surface area (TPSA) is 112 Å². The molecule has 4 aromatic rings. The van der Waals surface area contributed by atoms with Crippen molar-refractivity contribution in [3.8, 4) is 5.75 Å². The van der Waals surface area contributed by atoms with Crippen LogP contribution in [0.25, 0.3) is 10.9 Å². The van der Waals surface area contributed by atoms with Gasteiger partial charge < -0.3 is 19.9 Å². The molecule has 0 bridgehead atoms. The van der Waals surface area contributed by atoms with E-state index in [1.54, 1.807) is 55.6 Å². The molecule has 1 saturated heterocycles. The Morgan fingerprint density at radius 1 is 1.03 bits per heavy atom. The minimum atomic E-state index is -0.952. The van der Waals surface area contributed by atoms with Crippen LogP contribution in [0.1, 0.15) is 29.3 Å². The van der Waals surface area contributed by atoms with Crippen LogP contribution in [0.15, 0.2) is 79.0 Å². The van der Waals surface area contributed by atoms with Crippen molar-refractivity contribution in [2.45, 2.75) is 25.8 Å². The number of amides is 4. The number of fused-ring (bicyclic) bond motifs is 1. The maximum Gasteiger partial charge on any atom is 0.257 e. The van der Waals surface area contributed by atoms with E-state index < -0.39 is 17.9 Å². The molecule has 39 heavy (non-hydrogen) atoms. The number of aromatic nitrogens is 1. The molecule has 4 amide bonds. The summed E-state index contributed by atoms with van der Waals surface area (Å²) in [6.07, 6.45) is 2.28. The van der Waals surface area contributed by atoms with Gasteiger partial charge >= 0.3 is 0 Å². The zero-order valence-corrected chi connectivity index (χ0v) is 21.6. The predicted molar refractivity (Wildman–Crippen MR) is 148 cm³/mol. The molecule has 1 aliphatic rings. The molecule has 1 aliphatic heterocycles. The number of carbonyl (C=O) groups excluding carboxylic acids is 4. The third-order valence-electron chi connectivity index (χ3n) is 6.84. The van der Waals surface area contributed by atoms with Gasteiger partial charge in [0.1, 0.15) is 11.8 Å². The normalized spacial score (nSPS) is 15.0. The Morgan fingerprint density at radius 2 is 1.74 bits per heavy atom. The number of anilines is 2. The number of carbonyl (C=O) groups is 4. The summed E-state index contributed by atoms with van der Waals surface area (Å²) in [5, 5.41) is 3.71. The van der Waals surface area contributed by atoms with Gasteiger partial charge in [0.05, 0.1) is 19.2 Å². The molecule has 5 rings (SSSR count). The van der Waals surface area contributed by atoms with Gasteiger partial charge in [-0.05, 0) is 66.6 Å². The fourth-order valence-electron chi connectivity index (χ4n) is 4.91. The van der Waals surface area contributed by atoms with Crippen molar-refractivity contribution in [2.75, 3.05) is 23.9 Å². The summed E-state index contributed by atoms with van der Waals surface area (Å²) < 4.78 is 5.21. The number of imide groups is 1. The predicted octanol–water partition coefficient (Wildman–Crippen LogP) is 4.15. The number of ether oxygens (including phenoxy) is 1. The number of rotatable bonds is 8. The number of methoxy groups -OCH3 is 1. The van der Waals surface area contributed by atoms with E-state index in [9.17, 15) is 19.2 Å². The van der Waals surface area contributed by atoms with Crippen LogP contribution < -0.4 is 15.0 Å². The number of H-pyrrole nitrogens is 1. The number of nitrogens with one attached hydrogen (secondary N) is 2. The fourth-order valence-corrected chi connectivity index (χ4v) is 4.91. The van der Waals surface area contributed by atoms with E-state index in [4.69, 9.17) is 4.74 Å². The quantitative estimate of drug-likeness (QED) is 0.337. The maximum absolute atomic E-state index is 13.8. The molecule has 9 nitrogen and oxygen atoms in total. The van der Waals surface area contributed by atoms with E-state index in [1.807, 2.05) is 30.5 Å². The summed E-state index contributed by atoms with van der Waals surface area (Å²) >= 11 is 0. The zero-order chi connectivity index (χ0) is 27.5. The average molecular weight is 525 g/mol. The van der Waals surface area contributed by atoms with E-state index in [0.717, 1.165) is 21.4 Å². The lowest BCUT2D eigenvalue weighted by molar-refractivity contribution is -0.122. The van der Waals surface area contributed by atoms with Gasteiger partial charge in [0, 0.05) is 41.8 Å². The minimum Gasteiger partial charge on any atom is -0.497 e. The number of hydrogen-bond acceptors (Lipinski definition) is 5. The van der Waals surface area contributed by atoms with Gasteiger partial charge in [-0.1, -0.05) is 18.2 Å². The number of hydrogen-bond donors (Lipinski definition) is 2. The molecule has 0 spiro atoms. The van der Waals surface area contributed by atoms with E-state index in [1.165, 1.54) is 11.8 Å². The Balaban J connectivity index is 1.43. The van der Waals surface area contributed by atoms with Crippen LogP contribution in [0.5, 0.6) is 5.75 Å². The summed E-state index contributed by atoms with van der Waals surface area (Å²) in [7, 11) is 1.55. The first-order valence-corrected chi connectivity index (χ1v) is 12.6. The van der Waals surface area contributed by atoms with Crippen molar-refractivity contribution in [2.24, 2.45) is 0 Å². The highest BCUT2D eigenvalue weighted by Crippen LogP contribution is 2.29. The average Bonchev–Trinajstić information content (AvgIpc) is 3.49. The molecule has 1 atom stereocenters. The van der Waals surface area contributed by atoms with Gasteiger partial charge in [0.2, 0.25) is 11.8 Å². The highest BCUT2D eigenvalue weighted by molar-refractivity contribution is 6.23. The monoisotopic (exact) mass is 524 g/mol. The Labute approximate surface area is 225 Å². The summed E-state index contributed by atoms with van der Waals surface area (Å²) in [6.45, 7) is 1.64. The van der Waals surface area contributed by atoms with Gasteiger partial charge in [-0.25, -0.2) is 4.90 Å². The van der Waals surface area contributed by atoms with Gasteiger partial charge in [0.15, 0.2) is 0 Å². The summed E-state index contributed by atoms with van der Waals surface area (Å²) in [4.78, 5) is 57.7. The first-order chi connectivity index (χ1) is 18.9. The molecule has 1 aromatic heterocycles. The standard InChI is InChI=1S/C30H28N4O5/c1-19(35)32-22-9-11-23(12-10-22)34-28(36)17-27(30(34)38)33(29(37)20-7-13-24(39-2)14-8-20)16-15-21-18-31-26-6-4-3-5-25(21)26/h3-14,18,27,31H,15-17H2,1-2H3,(H,32,35). The summed E-state index contributed by atoms with van der Waals surface area (Å²) in [5.74, 6) is -0.812. The molecule has 2 N–H and O–H groups in total. The van der Waals surface area contributed by atoms with Gasteiger partial charge in [-0.15, -0.1) is 0 Å². The van der Waals surface area contributed by atoms with E-state index in [0.29, 0.717) is 29.1 Å². The molecular weight excluding hydrogens is 496 g/mol. The van der Waals surface area contributed by atoms with Crippen LogP contribution in [0, 0.1) is 0 Å². The molecule has 2 heterocycles. The van der Waals surface area contributed by atoms with E-state index in [-0.39, 0.29) is 24.8 Å². The number of aromatic amines is 1. The second-order valence-electron chi connectivity index (χ2n) is 9.35. The van der Waals surface area contributed by atoms with E-state index in [2.05, 4.69) is 10.3 Å². The van der Waals surface area contributed by atoms with Crippen LogP contribution in [0.3, 0.4) is 0 Å². The SMILES string of the molecule is COc1ccc(C(=O)N(CCc2c[nH]c3ccccc23)C2CC(=O)N(c3ccc(NC(C)=O)cc3)C2=O)cc1. The minimum absolute atomic E-state index is 0.123. The first kappa shape index (κ1) is 25.7. The zero-order valence-electron chi connectivity index (χ0n) is 21.6. The Hall–Kier alpha value is -4.92. The lowest BCUT2D eigenvalue weighted by atomic mass is 10.1. The van der Waals surface area contributed by atoms with Crippen LogP contribution in [0.2, 0.25) is 0 Å².